The Morgan fingerprint density at radius 3 is 3.06 bits per heavy atom. The van der Waals surface area contributed by atoms with Crippen LogP contribution in [-0.4, -0.2) is 48.8 Å². The highest BCUT2D eigenvalue weighted by Crippen LogP contribution is 2.19. The summed E-state index contributed by atoms with van der Waals surface area (Å²) >= 11 is 0. The van der Waals surface area contributed by atoms with Crippen molar-refractivity contribution >= 4 is 17.6 Å². The van der Waals surface area contributed by atoms with E-state index < -0.39 is 12.1 Å². The fourth-order valence-electron chi connectivity index (χ4n) is 1.70. The molecule has 2 N–H and O–H groups in total. The van der Waals surface area contributed by atoms with E-state index in [0.717, 1.165) is 0 Å². The zero-order valence-corrected chi connectivity index (χ0v) is 9.50. The smallest absolute Gasteiger partial charge is 0.336 e. The maximum atomic E-state index is 11.4. The minimum atomic E-state index is -0.602. The van der Waals surface area contributed by atoms with Gasteiger partial charge in [-0.1, -0.05) is 0 Å². The van der Waals surface area contributed by atoms with Crippen molar-refractivity contribution in [3.63, 3.8) is 0 Å². The van der Waals surface area contributed by atoms with E-state index in [9.17, 15) is 4.79 Å². The number of carbonyl (C=O) groups is 1. The topological polar surface area (TPSA) is 90.6 Å². The fourth-order valence-corrected chi connectivity index (χ4v) is 1.70. The Labute approximate surface area is 98.5 Å². The number of nitrogens with zero attached hydrogens (tertiary/aromatic N) is 3. The van der Waals surface area contributed by atoms with Gasteiger partial charge in [-0.2, -0.15) is 0 Å². The lowest BCUT2D eigenvalue weighted by atomic mass is 10.2. The van der Waals surface area contributed by atoms with Crippen LogP contribution >= 0.6 is 0 Å². The molecule has 7 nitrogen and oxygen atoms in total. The van der Waals surface area contributed by atoms with Crippen LogP contribution in [0.5, 0.6) is 0 Å². The van der Waals surface area contributed by atoms with Crippen LogP contribution in [0.4, 0.5) is 11.6 Å². The molecule has 1 saturated heterocycles. The number of hydrogen-bond acceptors (Lipinski definition) is 7. The summed E-state index contributed by atoms with van der Waals surface area (Å²) in [7, 11) is 1.33. The second-order valence-electron chi connectivity index (χ2n) is 3.59. The lowest BCUT2D eigenvalue weighted by Gasteiger charge is -2.32. The third kappa shape index (κ3) is 2.44. The Bertz CT molecular complexity index is 412. The van der Waals surface area contributed by atoms with E-state index in [2.05, 4.69) is 14.7 Å². The predicted octanol–water partition coefficient (Wildman–Crippen LogP) is -0.563. The third-order valence-electron chi connectivity index (χ3n) is 2.54. The van der Waals surface area contributed by atoms with Gasteiger partial charge in [0, 0.05) is 18.9 Å². The normalized spacial score (nSPS) is 20.1. The van der Waals surface area contributed by atoms with Gasteiger partial charge >= 0.3 is 5.97 Å². The number of anilines is 2. The maximum Gasteiger partial charge on any atom is 0.336 e. The first-order valence-electron chi connectivity index (χ1n) is 5.23. The number of ether oxygens (including phenoxy) is 2. The molecule has 92 valence electrons. The SMILES string of the molecule is COC(=O)C1CN(c2nccnc2N)CCO1. The highest BCUT2D eigenvalue weighted by molar-refractivity contribution is 5.76. The van der Waals surface area contributed by atoms with E-state index in [4.69, 9.17) is 10.5 Å². The number of rotatable bonds is 2. The average molecular weight is 238 g/mol. The summed E-state index contributed by atoms with van der Waals surface area (Å²) in [6.07, 6.45) is 2.49. The van der Waals surface area contributed by atoms with Crippen molar-refractivity contribution in [1.82, 2.24) is 9.97 Å². The van der Waals surface area contributed by atoms with Crippen molar-refractivity contribution in [2.24, 2.45) is 0 Å². The largest absolute Gasteiger partial charge is 0.467 e. The van der Waals surface area contributed by atoms with E-state index >= 15 is 0 Å². The van der Waals surface area contributed by atoms with Gasteiger partial charge in [-0.3, -0.25) is 0 Å². The van der Waals surface area contributed by atoms with E-state index in [1.807, 2.05) is 4.90 Å². The first-order valence-corrected chi connectivity index (χ1v) is 5.23. The van der Waals surface area contributed by atoms with Crippen molar-refractivity contribution in [3.8, 4) is 0 Å². The van der Waals surface area contributed by atoms with Crippen LogP contribution in [0.15, 0.2) is 12.4 Å². The van der Waals surface area contributed by atoms with E-state index in [0.29, 0.717) is 31.3 Å². The van der Waals surface area contributed by atoms with Gasteiger partial charge in [0.25, 0.3) is 0 Å². The number of nitrogen functional groups attached to an aromatic ring is 1. The molecule has 0 amide bonds. The Morgan fingerprint density at radius 1 is 1.59 bits per heavy atom. The van der Waals surface area contributed by atoms with Gasteiger partial charge in [-0.25, -0.2) is 14.8 Å². The first kappa shape index (κ1) is 11.6. The molecule has 0 aliphatic carbocycles. The third-order valence-corrected chi connectivity index (χ3v) is 2.54. The minimum absolute atomic E-state index is 0.345. The summed E-state index contributed by atoms with van der Waals surface area (Å²) in [5.41, 5.74) is 5.73. The molecule has 0 bridgehead atoms. The second-order valence-corrected chi connectivity index (χ2v) is 3.59. The first-order chi connectivity index (χ1) is 8.22. The number of methoxy groups -OCH3 is 1. The van der Waals surface area contributed by atoms with Crippen molar-refractivity contribution in [1.29, 1.82) is 0 Å². The summed E-state index contributed by atoms with van der Waals surface area (Å²) < 4.78 is 9.96. The summed E-state index contributed by atoms with van der Waals surface area (Å²) in [5, 5.41) is 0. The van der Waals surface area contributed by atoms with Gasteiger partial charge < -0.3 is 20.1 Å². The summed E-state index contributed by atoms with van der Waals surface area (Å²) in [6, 6.07) is 0. The Hall–Kier alpha value is -1.89. The second kappa shape index (κ2) is 4.96. The molecule has 1 atom stereocenters. The number of esters is 1. The van der Waals surface area contributed by atoms with Crippen molar-refractivity contribution in [2.75, 3.05) is 37.4 Å². The van der Waals surface area contributed by atoms with Crippen LogP contribution in [0, 0.1) is 0 Å². The summed E-state index contributed by atoms with van der Waals surface area (Å²) in [6.45, 7) is 1.42. The predicted molar refractivity (Wildman–Crippen MR) is 60.4 cm³/mol. The number of carbonyl (C=O) groups excluding carboxylic acids is 1. The molecule has 1 aliphatic heterocycles. The summed E-state index contributed by atoms with van der Waals surface area (Å²) in [4.78, 5) is 21.4. The van der Waals surface area contributed by atoms with Gasteiger partial charge in [-0.15, -0.1) is 0 Å². The zero-order chi connectivity index (χ0) is 12.3. The standard InChI is InChI=1S/C10H14N4O3/c1-16-10(15)7-6-14(4-5-17-7)9-8(11)12-2-3-13-9/h2-3,7H,4-6H2,1H3,(H2,11,12). The van der Waals surface area contributed by atoms with Crippen LogP contribution in [0.25, 0.3) is 0 Å². The molecule has 0 aromatic carbocycles. The molecule has 2 rings (SSSR count). The Kier molecular flexibility index (Phi) is 3.38. The van der Waals surface area contributed by atoms with Gasteiger partial charge in [0.2, 0.25) is 0 Å². The molecule has 7 heteroatoms. The quantitative estimate of drug-likeness (QED) is 0.690. The van der Waals surface area contributed by atoms with Crippen LogP contribution in [0.2, 0.25) is 0 Å². The van der Waals surface area contributed by atoms with Crippen LogP contribution < -0.4 is 10.6 Å². The monoisotopic (exact) mass is 238 g/mol. The van der Waals surface area contributed by atoms with Crippen LogP contribution in [0.1, 0.15) is 0 Å². The Balaban J connectivity index is 2.12. The summed E-state index contributed by atoms with van der Waals surface area (Å²) in [5.74, 6) is 0.528. The zero-order valence-electron chi connectivity index (χ0n) is 9.50. The maximum absolute atomic E-state index is 11.4. The molecule has 0 radical (unpaired) electrons. The number of nitrogens with two attached hydrogens (primary N) is 1. The number of hydrogen-bond donors (Lipinski definition) is 1. The van der Waals surface area contributed by atoms with Crippen molar-refractivity contribution in [3.05, 3.63) is 12.4 Å². The van der Waals surface area contributed by atoms with Crippen LogP contribution in [-0.2, 0) is 14.3 Å². The lowest BCUT2D eigenvalue weighted by molar-refractivity contribution is -0.154. The molecule has 17 heavy (non-hydrogen) atoms. The fraction of sp³-hybridized carbons (Fsp3) is 0.500. The molecular weight excluding hydrogens is 224 g/mol. The number of aromatic nitrogens is 2. The lowest BCUT2D eigenvalue weighted by Crippen LogP contribution is -2.47. The van der Waals surface area contributed by atoms with Gasteiger partial charge in [0.15, 0.2) is 17.7 Å². The van der Waals surface area contributed by atoms with Crippen molar-refractivity contribution in [2.45, 2.75) is 6.10 Å². The molecule has 1 aromatic rings. The van der Waals surface area contributed by atoms with Gasteiger partial charge in [0.1, 0.15) is 0 Å². The molecule has 0 saturated carbocycles. The molecular formula is C10H14N4O3. The van der Waals surface area contributed by atoms with Gasteiger partial charge in [0.05, 0.1) is 20.3 Å². The Morgan fingerprint density at radius 2 is 2.35 bits per heavy atom. The van der Waals surface area contributed by atoms with E-state index in [1.54, 1.807) is 6.20 Å². The highest BCUT2D eigenvalue weighted by Gasteiger charge is 2.28. The molecule has 1 aromatic heterocycles. The average Bonchev–Trinajstić information content (AvgIpc) is 2.38. The molecule has 0 spiro atoms. The highest BCUT2D eigenvalue weighted by atomic mass is 16.6. The van der Waals surface area contributed by atoms with E-state index in [1.165, 1.54) is 13.3 Å². The molecule has 1 aliphatic rings. The molecule has 1 fully saturated rings. The molecule has 2 heterocycles. The van der Waals surface area contributed by atoms with Crippen LogP contribution in [0.3, 0.4) is 0 Å². The molecule has 1 unspecified atom stereocenters. The minimum Gasteiger partial charge on any atom is -0.467 e. The van der Waals surface area contributed by atoms with Gasteiger partial charge in [-0.05, 0) is 0 Å². The van der Waals surface area contributed by atoms with Crippen molar-refractivity contribution < 1.29 is 14.3 Å². The number of morpholine rings is 1. The van der Waals surface area contributed by atoms with E-state index in [-0.39, 0.29) is 0 Å².